The second kappa shape index (κ2) is 8.61. The highest BCUT2D eigenvalue weighted by molar-refractivity contribution is 8.00. The summed E-state index contributed by atoms with van der Waals surface area (Å²) in [4.78, 5) is 33.5. The van der Waals surface area contributed by atoms with E-state index < -0.39 is 0 Å². The van der Waals surface area contributed by atoms with Gasteiger partial charge in [0.2, 0.25) is 5.91 Å². The number of amides is 1. The number of nitrogens with one attached hydrogen (secondary N) is 1. The van der Waals surface area contributed by atoms with Crippen LogP contribution in [0.3, 0.4) is 0 Å². The maximum absolute atomic E-state index is 12.7. The molecule has 0 saturated carbocycles. The Morgan fingerprint density at radius 3 is 2.86 bits per heavy atom. The lowest BCUT2D eigenvalue weighted by atomic mass is 10.2. The van der Waals surface area contributed by atoms with E-state index in [1.165, 1.54) is 11.8 Å². The van der Waals surface area contributed by atoms with Gasteiger partial charge in [-0.15, -0.1) is 0 Å². The molecule has 0 atom stereocenters. The second-order valence-corrected chi connectivity index (χ2v) is 8.04. The van der Waals surface area contributed by atoms with Crippen LogP contribution >= 0.6 is 11.8 Å². The van der Waals surface area contributed by atoms with Gasteiger partial charge in [-0.25, -0.2) is 4.79 Å². The van der Waals surface area contributed by atoms with E-state index in [1.807, 2.05) is 43.3 Å². The van der Waals surface area contributed by atoms with Crippen LogP contribution in [0.2, 0.25) is 0 Å². The Labute approximate surface area is 173 Å². The number of rotatable bonds is 6. The molecule has 0 bridgehead atoms. The first-order valence-corrected chi connectivity index (χ1v) is 10.6. The Kier molecular flexibility index (Phi) is 5.76. The van der Waals surface area contributed by atoms with E-state index in [0.717, 1.165) is 47.3 Å². The topological polar surface area (TPSA) is 76.9 Å². The lowest BCUT2D eigenvalue weighted by molar-refractivity contribution is -0.113. The molecule has 1 N–H and O–H groups in total. The van der Waals surface area contributed by atoms with Crippen LogP contribution in [0.4, 0.5) is 5.69 Å². The van der Waals surface area contributed by atoms with E-state index in [-0.39, 0.29) is 17.3 Å². The van der Waals surface area contributed by atoms with Crippen molar-refractivity contribution in [2.45, 2.75) is 37.8 Å². The number of benzene rings is 1. The highest BCUT2D eigenvalue weighted by Gasteiger charge is 2.22. The van der Waals surface area contributed by atoms with Gasteiger partial charge in [0.15, 0.2) is 0 Å². The number of fused-ring (bicyclic) bond motifs is 1. The van der Waals surface area contributed by atoms with Gasteiger partial charge >= 0.3 is 5.69 Å². The predicted molar refractivity (Wildman–Crippen MR) is 114 cm³/mol. The SMILES string of the molecule is Cc1ccccc1NC(=O)CSc1nc(=O)n(Cc2cccnc2)c2c1CCC2. The van der Waals surface area contributed by atoms with E-state index in [9.17, 15) is 9.59 Å². The first-order chi connectivity index (χ1) is 14.1. The Balaban J connectivity index is 1.51. The molecule has 7 heteroatoms. The number of nitrogens with zero attached hydrogens (tertiary/aromatic N) is 3. The number of pyridine rings is 1. The lowest BCUT2D eigenvalue weighted by Gasteiger charge is -2.14. The molecule has 0 spiro atoms. The van der Waals surface area contributed by atoms with Crippen LogP contribution in [0.25, 0.3) is 0 Å². The number of para-hydroxylation sites is 1. The molecule has 148 valence electrons. The van der Waals surface area contributed by atoms with Gasteiger partial charge in [0.05, 0.1) is 12.3 Å². The van der Waals surface area contributed by atoms with Crippen molar-refractivity contribution < 1.29 is 4.79 Å². The summed E-state index contributed by atoms with van der Waals surface area (Å²) < 4.78 is 1.75. The highest BCUT2D eigenvalue weighted by Crippen LogP contribution is 2.29. The minimum Gasteiger partial charge on any atom is -0.325 e. The number of hydrogen-bond acceptors (Lipinski definition) is 5. The van der Waals surface area contributed by atoms with E-state index in [1.54, 1.807) is 17.0 Å². The van der Waals surface area contributed by atoms with Gasteiger partial charge < -0.3 is 5.32 Å². The average Bonchev–Trinajstić information content (AvgIpc) is 3.21. The highest BCUT2D eigenvalue weighted by atomic mass is 32.2. The van der Waals surface area contributed by atoms with Crippen molar-refractivity contribution in [2.24, 2.45) is 0 Å². The number of thioether (sulfide) groups is 1. The fourth-order valence-electron chi connectivity index (χ4n) is 3.58. The monoisotopic (exact) mass is 406 g/mol. The zero-order valence-electron chi connectivity index (χ0n) is 16.2. The summed E-state index contributed by atoms with van der Waals surface area (Å²) in [5, 5.41) is 3.61. The third-order valence-corrected chi connectivity index (χ3v) is 6.04. The Morgan fingerprint density at radius 1 is 1.21 bits per heavy atom. The van der Waals surface area contributed by atoms with Gasteiger partial charge in [-0.2, -0.15) is 4.98 Å². The standard InChI is InChI=1S/C22H22N4O2S/c1-15-6-2-3-9-18(15)24-20(27)14-29-21-17-8-4-10-19(17)26(22(28)25-21)13-16-7-5-11-23-12-16/h2-3,5-7,9,11-12H,4,8,10,13-14H2,1H3,(H,24,27). The molecule has 4 rings (SSSR count). The zero-order chi connectivity index (χ0) is 20.2. The molecule has 0 saturated heterocycles. The third-order valence-electron chi connectivity index (χ3n) is 5.02. The molecule has 1 amide bonds. The van der Waals surface area contributed by atoms with Crippen molar-refractivity contribution in [1.82, 2.24) is 14.5 Å². The van der Waals surface area contributed by atoms with Gasteiger partial charge in [0.1, 0.15) is 5.03 Å². The summed E-state index contributed by atoms with van der Waals surface area (Å²) in [6.07, 6.45) is 6.23. The summed E-state index contributed by atoms with van der Waals surface area (Å²) in [7, 11) is 0. The van der Waals surface area contributed by atoms with Gasteiger partial charge in [0.25, 0.3) is 0 Å². The van der Waals surface area contributed by atoms with Crippen LogP contribution in [-0.2, 0) is 24.2 Å². The predicted octanol–water partition coefficient (Wildman–Crippen LogP) is 3.21. The quantitative estimate of drug-likeness (QED) is 0.502. The lowest BCUT2D eigenvalue weighted by Crippen LogP contribution is -2.28. The molecule has 2 heterocycles. The van der Waals surface area contributed by atoms with Crippen LogP contribution in [0, 0.1) is 6.92 Å². The van der Waals surface area contributed by atoms with E-state index in [0.29, 0.717) is 11.6 Å². The van der Waals surface area contributed by atoms with Crippen LogP contribution in [-0.4, -0.2) is 26.2 Å². The number of aryl methyl sites for hydroxylation is 1. The molecule has 0 fully saturated rings. The number of hydrogen-bond donors (Lipinski definition) is 1. The Morgan fingerprint density at radius 2 is 2.07 bits per heavy atom. The molecule has 0 radical (unpaired) electrons. The summed E-state index contributed by atoms with van der Waals surface area (Å²) in [6, 6.07) is 11.5. The van der Waals surface area contributed by atoms with Crippen LogP contribution in [0.5, 0.6) is 0 Å². The van der Waals surface area contributed by atoms with Crippen molar-refractivity contribution >= 4 is 23.4 Å². The minimum absolute atomic E-state index is 0.0996. The first kappa shape index (κ1) is 19.4. The smallest absolute Gasteiger partial charge is 0.325 e. The van der Waals surface area contributed by atoms with Crippen LogP contribution < -0.4 is 11.0 Å². The molecule has 1 aromatic carbocycles. The minimum atomic E-state index is -0.267. The van der Waals surface area contributed by atoms with Crippen molar-refractivity contribution in [1.29, 1.82) is 0 Å². The van der Waals surface area contributed by atoms with Crippen molar-refractivity contribution in [3.05, 3.63) is 81.7 Å². The Hall–Kier alpha value is -2.93. The zero-order valence-corrected chi connectivity index (χ0v) is 17.0. The Bertz CT molecular complexity index is 1100. The third kappa shape index (κ3) is 4.40. The molecule has 3 aromatic rings. The number of carbonyl (C=O) groups excluding carboxylic acids is 1. The molecule has 0 aliphatic heterocycles. The fraction of sp³-hybridized carbons (Fsp3) is 0.273. The van der Waals surface area contributed by atoms with Gasteiger partial charge in [-0.1, -0.05) is 36.0 Å². The summed E-state index contributed by atoms with van der Waals surface area (Å²) in [5.74, 6) is 0.122. The summed E-state index contributed by atoms with van der Waals surface area (Å²) >= 11 is 1.34. The molecule has 0 unspecified atom stereocenters. The largest absolute Gasteiger partial charge is 0.349 e. The summed E-state index contributed by atoms with van der Waals surface area (Å²) in [6.45, 7) is 2.43. The van der Waals surface area contributed by atoms with Gasteiger partial charge in [-0.3, -0.25) is 14.3 Å². The van der Waals surface area contributed by atoms with E-state index in [2.05, 4.69) is 15.3 Å². The van der Waals surface area contributed by atoms with E-state index >= 15 is 0 Å². The normalized spacial score (nSPS) is 12.6. The van der Waals surface area contributed by atoms with Gasteiger partial charge in [0, 0.05) is 29.3 Å². The summed E-state index contributed by atoms with van der Waals surface area (Å²) in [5.41, 5.74) is 4.67. The fourth-order valence-corrected chi connectivity index (χ4v) is 4.45. The van der Waals surface area contributed by atoms with Crippen molar-refractivity contribution in [3.63, 3.8) is 0 Å². The molecule has 6 nitrogen and oxygen atoms in total. The first-order valence-electron chi connectivity index (χ1n) is 9.61. The maximum atomic E-state index is 12.7. The number of aromatic nitrogens is 3. The van der Waals surface area contributed by atoms with Gasteiger partial charge in [-0.05, 0) is 49.4 Å². The average molecular weight is 407 g/mol. The molecule has 29 heavy (non-hydrogen) atoms. The number of carbonyl (C=O) groups is 1. The van der Waals surface area contributed by atoms with Crippen molar-refractivity contribution in [3.8, 4) is 0 Å². The molecular weight excluding hydrogens is 384 g/mol. The number of anilines is 1. The second-order valence-electron chi connectivity index (χ2n) is 7.08. The maximum Gasteiger partial charge on any atom is 0.349 e. The van der Waals surface area contributed by atoms with Crippen LogP contribution in [0.15, 0.2) is 58.6 Å². The van der Waals surface area contributed by atoms with Crippen molar-refractivity contribution in [2.75, 3.05) is 11.1 Å². The van der Waals surface area contributed by atoms with E-state index in [4.69, 9.17) is 0 Å². The van der Waals surface area contributed by atoms with Crippen LogP contribution in [0.1, 0.15) is 28.8 Å². The molecule has 1 aliphatic carbocycles. The molecule has 1 aliphatic rings. The molecular formula is C22H22N4O2S. The molecule has 2 aromatic heterocycles.